The van der Waals surface area contributed by atoms with Crippen molar-refractivity contribution < 1.29 is 28.6 Å². The summed E-state index contributed by atoms with van der Waals surface area (Å²) in [6.07, 6.45) is 35.1. The van der Waals surface area contributed by atoms with Crippen LogP contribution < -0.4 is 0 Å². The Balaban J connectivity index is 4.36. The molecule has 3 atom stereocenters. The van der Waals surface area contributed by atoms with E-state index in [1.807, 2.05) is 0 Å². The van der Waals surface area contributed by atoms with E-state index in [0.717, 1.165) is 75.5 Å². The van der Waals surface area contributed by atoms with Gasteiger partial charge in [-0.05, 0) is 37.0 Å². The van der Waals surface area contributed by atoms with Crippen LogP contribution in [-0.2, 0) is 28.6 Å². The molecule has 0 rings (SSSR count). The number of esters is 3. The molecule has 0 aliphatic carbocycles. The summed E-state index contributed by atoms with van der Waals surface area (Å²) in [5.41, 5.74) is 0. The first-order chi connectivity index (χ1) is 25.7. The van der Waals surface area contributed by atoms with Crippen molar-refractivity contribution in [1.82, 2.24) is 0 Å². The van der Waals surface area contributed by atoms with Crippen LogP contribution >= 0.6 is 0 Å². The topological polar surface area (TPSA) is 78.9 Å². The van der Waals surface area contributed by atoms with E-state index in [4.69, 9.17) is 14.2 Å². The van der Waals surface area contributed by atoms with Crippen LogP contribution in [0, 0.1) is 17.8 Å². The second-order valence-electron chi connectivity index (χ2n) is 17.0. The van der Waals surface area contributed by atoms with Crippen molar-refractivity contribution in [2.75, 3.05) is 13.2 Å². The van der Waals surface area contributed by atoms with Crippen molar-refractivity contribution in [3.05, 3.63) is 0 Å². The first kappa shape index (κ1) is 51.4. The Morgan fingerprint density at radius 1 is 0.377 bits per heavy atom. The lowest BCUT2D eigenvalue weighted by atomic mass is 9.99. The number of hydrogen-bond donors (Lipinski definition) is 0. The van der Waals surface area contributed by atoms with Gasteiger partial charge in [0.05, 0.1) is 0 Å². The van der Waals surface area contributed by atoms with Crippen molar-refractivity contribution in [3.63, 3.8) is 0 Å². The Morgan fingerprint density at radius 3 is 0.981 bits per heavy atom. The molecule has 6 heteroatoms. The van der Waals surface area contributed by atoms with Crippen molar-refractivity contribution in [2.45, 2.75) is 253 Å². The average molecular weight is 751 g/mol. The van der Waals surface area contributed by atoms with Crippen molar-refractivity contribution in [2.24, 2.45) is 17.8 Å². The number of ether oxygens (including phenoxy) is 3. The standard InChI is InChI=1S/C47H90O6/c1-7-42(5)34-28-22-16-11-9-10-12-18-26-32-38-47(50)53-44(40-52-46(49)37-31-25-20-19-23-29-35-43(6)8-2)39-51-45(48)36-30-24-17-14-13-15-21-27-33-41(3)4/h41-44H,7-40H2,1-6H3/t42?,43?,44-/m1/s1. The molecule has 53 heavy (non-hydrogen) atoms. The monoisotopic (exact) mass is 751 g/mol. The fraction of sp³-hybridized carbons (Fsp3) is 0.936. The van der Waals surface area contributed by atoms with Gasteiger partial charge in [-0.25, -0.2) is 0 Å². The second kappa shape index (κ2) is 38.7. The molecule has 0 bridgehead atoms. The Morgan fingerprint density at radius 2 is 0.660 bits per heavy atom. The molecule has 0 saturated carbocycles. The van der Waals surface area contributed by atoms with Crippen LogP contribution in [0.2, 0.25) is 0 Å². The number of hydrogen-bond acceptors (Lipinski definition) is 6. The van der Waals surface area contributed by atoms with E-state index in [0.29, 0.717) is 19.3 Å². The molecule has 0 aliphatic rings. The third-order valence-corrected chi connectivity index (χ3v) is 11.1. The van der Waals surface area contributed by atoms with Gasteiger partial charge in [-0.2, -0.15) is 0 Å². The van der Waals surface area contributed by atoms with Crippen LogP contribution in [-0.4, -0.2) is 37.2 Å². The highest BCUT2D eigenvalue weighted by atomic mass is 16.6. The highest BCUT2D eigenvalue weighted by molar-refractivity contribution is 5.71. The van der Waals surface area contributed by atoms with Gasteiger partial charge in [0, 0.05) is 19.3 Å². The predicted molar refractivity (Wildman–Crippen MR) is 224 cm³/mol. The summed E-state index contributed by atoms with van der Waals surface area (Å²) in [7, 11) is 0. The molecule has 0 radical (unpaired) electrons. The Labute approximate surface area is 329 Å². The lowest BCUT2D eigenvalue weighted by Crippen LogP contribution is -2.30. The second-order valence-corrected chi connectivity index (χ2v) is 17.0. The molecule has 0 aliphatic heterocycles. The highest BCUT2D eigenvalue weighted by Crippen LogP contribution is 2.18. The van der Waals surface area contributed by atoms with Gasteiger partial charge in [0.25, 0.3) is 0 Å². The zero-order valence-electron chi connectivity index (χ0n) is 36.3. The largest absolute Gasteiger partial charge is 0.462 e. The normalized spacial score (nSPS) is 13.2. The molecule has 314 valence electrons. The third-order valence-electron chi connectivity index (χ3n) is 11.1. The molecule has 0 amide bonds. The van der Waals surface area contributed by atoms with E-state index >= 15 is 0 Å². The van der Waals surface area contributed by atoms with Crippen LogP contribution in [0.25, 0.3) is 0 Å². The maximum Gasteiger partial charge on any atom is 0.306 e. The van der Waals surface area contributed by atoms with Gasteiger partial charge in [-0.3, -0.25) is 14.4 Å². The predicted octanol–water partition coefficient (Wildman–Crippen LogP) is 14.4. The summed E-state index contributed by atoms with van der Waals surface area (Å²) in [5, 5.41) is 0. The Hall–Kier alpha value is -1.59. The van der Waals surface area contributed by atoms with Crippen LogP contribution in [0.4, 0.5) is 0 Å². The fourth-order valence-corrected chi connectivity index (χ4v) is 6.81. The van der Waals surface area contributed by atoms with Gasteiger partial charge >= 0.3 is 17.9 Å². The smallest absolute Gasteiger partial charge is 0.306 e. The molecular formula is C47H90O6. The minimum absolute atomic E-state index is 0.0670. The van der Waals surface area contributed by atoms with Crippen molar-refractivity contribution >= 4 is 17.9 Å². The van der Waals surface area contributed by atoms with E-state index in [9.17, 15) is 14.4 Å². The minimum Gasteiger partial charge on any atom is -0.462 e. The van der Waals surface area contributed by atoms with E-state index in [1.165, 1.54) is 128 Å². The van der Waals surface area contributed by atoms with Gasteiger partial charge < -0.3 is 14.2 Å². The number of carbonyl (C=O) groups excluding carboxylic acids is 3. The molecule has 0 fully saturated rings. The molecule has 0 N–H and O–H groups in total. The molecule has 0 heterocycles. The molecule has 0 aromatic heterocycles. The van der Waals surface area contributed by atoms with Crippen LogP contribution in [0.1, 0.15) is 247 Å². The minimum atomic E-state index is -0.762. The van der Waals surface area contributed by atoms with E-state index in [-0.39, 0.29) is 31.1 Å². The van der Waals surface area contributed by atoms with Crippen molar-refractivity contribution in [3.8, 4) is 0 Å². The van der Waals surface area contributed by atoms with Gasteiger partial charge in [0.1, 0.15) is 13.2 Å². The first-order valence-electron chi connectivity index (χ1n) is 23.2. The molecule has 2 unspecified atom stereocenters. The average Bonchev–Trinajstić information content (AvgIpc) is 3.14. The van der Waals surface area contributed by atoms with E-state index < -0.39 is 6.10 Å². The maximum atomic E-state index is 12.7. The third kappa shape index (κ3) is 38.5. The molecular weight excluding hydrogens is 661 g/mol. The van der Waals surface area contributed by atoms with Gasteiger partial charge in [-0.15, -0.1) is 0 Å². The molecule has 0 aromatic carbocycles. The Bertz CT molecular complexity index is 826. The van der Waals surface area contributed by atoms with E-state index in [1.54, 1.807) is 0 Å². The van der Waals surface area contributed by atoms with Gasteiger partial charge in [0.2, 0.25) is 0 Å². The lowest BCUT2D eigenvalue weighted by Gasteiger charge is -2.18. The summed E-state index contributed by atoms with van der Waals surface area (Å²) in [6.45, 7) is 13.6. The zero-order valence-corrected chi connectivity index (χ0v) is 36.3. The number of carbonyl (C=O) groups is 3. The number of rotatable bonds is 40. The van der Waals surface area contributed by atoms with E-state index in [2.05, 4.69) is 41.5 Å². The lowest BCUT2D eigenvalue weighted by molar-refractivity contribution is -0.167. The molecule has 0 saturated heterocycles. The summed E-state index contributed by atoms with van der Waals surface area (Å²) in [4.78, 5) is 37.7. The molecule has 0 spiro atoms. The quantitative estimate of drug-likeness (QED) is 0.0352. The zero-order chi connectivity index (χ0) is 39.2. The Kier molecular flexibility index (Phi) is 37.5. The van der Waals surface area contributed by atoms with Crippen LogP contribution in [0.3, 0.4) is 0 Å². The summed E-state index contributed by atoms with van der Waals surface area (Å²) < 4.78 is 16.7. The summed E-state index contributed by atoms with van der Waals surface area (Å²) in [6, 6.07) is 0. The SMILES string of the molecule is CCC(C)CCCCCCCCCCCCC(=O)O[C@H](COC(=O)CCCCCCCCCCC(C)C)COC(=O)CCCCCCCCC(C)CC. The van der Waals surface area contributed by atoms with Gasteiger partial charge in [-0.1, -0.05) is 208 Å². The number of unbranched alkanes of at least 4 members (excludes halogenated alkanes) is 21. The van der Waals surface area contributed by atoms with Gasteiger partial charge in [0.15, 0.2) is 6.10 Å². The van der Waals surface area contributed by atoms with Crippen LogP contribution in [0.15, 0.2) is 0 Å². The van der Waals surface area contributed by atoms with Crippen molar-refractivity contribution in [1.29, 1.82) is 0 Å². The summed E-state index contributed by atoms with van der Waals surface area (Å²) >= 11 is 0. The highest BCUT2D eigenvalue weighted by Gasteiger charge is 2.19. The fourth-order valence-electron chi connectivity index (χ4n) is 6.81. The molecule has 6 nitrogen and oxygen atoms in total. The molecule has 0 aromatic rings. The van der Waals surface area contributed by atoms with Crippen LogP contribution in [0.5, 0.6) is 0 Å². The first-order valence-corrected chi connectivity index (χ1v) is 23.2. The summed E-state index contributed by atoms with van der Waals surface area (Å²) in [5.74, 6) is 1.61. The maximum absolute atomic E-state index is 12.7.